The quantitative estimate of drug-likeness (QED) is 0.844. The van der Waals surface area contributed by atoms with Crippen molar-refractivity contribution in [2.24, 2.45) is 10.9 Å². The zero-order chi connectivity index (χ0) is 11.5. The Labute approximate surface area is 102 Å². The van der Waals surface area contributed by atoms with E-state index < -0.39 is 0 Å². The first-order valence-electron chi connectivity index (χ1n) is 6.40. The van der Waals surface area contributed by atoms with Gasteiger partial charge in [0.2, 0.25) is 0 Å². The van der Waals surface area contributed by atoms with Crippen LogP contribution in [-0.4, -0.2) is 25.5 Å². The molecule has 2 unspecified atom stereocenters. The second-order valence-corrected chi connectivity index (χ2v) is 4.74. The SMILES string of the molecule is c1ccc(C2CN=C(C3CCCNC3)O2)cc1. The smallest absolute Gasteiger partial charge is 0.188 e. The Morgan fingerprint density at radius 1 is 1.24 bits per heavy atom. The Hall–Kier alpha value is -1.35. The van der Waals surface area contributed by atoms with Crippen LogP contribution < -0.4 is 5.32 Å². The van der Waals surface area contributed by atoms with E-state index in [2.05, 4.69) is 34.6 Å². The third kappa shape index (κ3) is 2.34. The van der Waals surface area contributed by atoms with Crippen LogP contribution in [0.1, 0.15) is 24.5 Å². The van der Waals surface area contributed by atoms with Crippen LogP contribution in [0.4, 0.5) is 0 Å². The molecule has 2 heterocycles. The molecule has 1 fully saturated rings. The largest absolute Gasteiger partial charge is 0.471 e. The zero-order valence-corrected chi connectivity index (χ0v) is 9.93. The van der Waals surface area contributed by atoms with Gasteiger partial charge in [-0.1, -0.05) is 30.3 Å². The molecule has 1 aromatic carbocycles. The van der Waals surface area contributed by atoms with E-state index in [1.165, 1.54) is 18.4 Å². The summed E-state index contributed by atoms with van der Waals surface area (Å²) in [5.74, 6) is 1.45. The average Bonchev–Trinajstić information content (AvgIpc) is 2.90. The summed E-state index contributed by atoms with van der Waals surface area (Å²) in [6.45, 7) is 2.92. The van der Waals surface area contributed by atoms with Gasteiger partial charge in [-0.3, -0.25) is 4.99 Å². The van der Waals surface area contributed by atoms with Crippen LogP contribution in [-0.2, 0) is 4.74 Å². The van der Waals surface area contributed by atoms with Crippen molar-refractivity contribution in [3.8, 4) is 0 Å². The maximum Gasteiger partial charge on any atom is 0.188 e. The molecule has 2 aliphatic heterocycles. The number of piperidine rings is 1. The molecule has 17 heavy (non-hydrogen) atoms. The number of aliphatic imine (C=N–C) groups is 1. The highest BCUT2D eigenvalue weighted by molar-refractivity contribution is 5.80. The number of hydrogen-bond donors (Lipinski definition) is 1. The summed E-state index contributed by atoms with van der Waals surface area (Å²) in [5, 5.41) is 3.41. The highest BCUT2D eigenvalue weighted by Gasteiger charge is 2.28. The van der Waals surface area contributed by atoms with E-state index in [0.717, 1.165) is 25.5 Å². The summed E-state index contributed by atoms with van der Waals surface area (Å²) >= 11 is 0. The van der Waals surface area contributed by atoms with Gasteiger partial charge in [0.05, 0.1) is 6.54 Å². The van der Waals surface area contributed by atoms with Gasteiger partial charge in [-0.25, -0.2) is 0 Å². The number of rotatable bonds is 2. The molecule has 0 aromatic heterocycles. The summed E-state index contributed by atoms with van der Waals surface area (Å²) in [6, 6.07) is 10.4. The molecule has 3 rings (SSSR count). The lowest BCUT2D eigenvalue weighted by atomic mass is 10.00. The minimum Gasteiger partial charge on any atom is -0.471 e. The van der Waals surface area contributed by atoms with Crippen LogP contribution in [0, 0.1) is 5.92 Å². The molecule has 0 bridgehead atoms. The summed E-state index contributed by atoms with van der Waals surface area (Å²) in [6.07, 6.45) is 2.56. The van der Waals surface area contributed by atoms with Gasteiger partial charge < -0.3 is 10.1 Å². The van der Waals surface area contributed by atoms with E-state index in [-0.39, 0.29) is 6.10 Å². The minimum absolute atomic E-state index is 0.133. The van der Waals surface area contributed by atoms with Gasteiger partial charge in [0.15, 0.2) is 5.90 Å². The van der Waals surface area contributed by atoms with E-state index in [1.54, 1.807) is 0 Å². The molecule has 1 N–H and O–H groups in total. The van der Waals surface area contributed by atoms with E-state index >= 15 is 0 Å². The van der Waals surface area contributed by atoms with Crippen LogP contribution >= 0.6 is 0 Å². The van der Waals surface area contributed by atoms with Gasteiger partial charge in [-0.2, -0.15) is 0 Å². The fourth-order valence-corrected chi connectivity index (χ4v) is 2.52. The lowest BCUT2D eigenvalue weighted by Crippen LogP contribution is -2.34. The van der Waals surface area contributed by atoms with E-state index in [9.17, 15) is 0 Å². The summed E-state index contributed by atoms with van der Waals surface area (Å²) in [7, 11) is 0. The highest BCUT2D eigenvalue weighted by Crippen LogP contribution is 2.27. The molecule has 2 atom stereocenters. The number of ether oxygens (including phenoxy) is 1. The van der Waals surface area contributed by atoms with Crippen LogP contribution in [0.25, 0.3) is 0 Å². The summed E-state index contributed by atoms with van der Waals surface area (Å²) in [5.41, 5.74) is 1.23. The van der Waals surface area contributed by atoms with Gasteiger partial charge in [0.1, 0.15) is 6.10 Å². The van der Waals surface area contributed by atoms with Crippen LogP contribution in [0.2, 0.25) is 0 Å². The molecule has 0 radical (unpaired) electrons. The Morgan fingerprint density at radius 2 is 2.12 bits per heavy atom. The molecule has 0 spiro atoms. The summed E-state index contributed by atoms with van der Waals surface area (Å²) < 4.78 is 6.00. The Morgan fingerprint density at radius 3 is 2.88 bits per heavy atom. The molecule has 90 valence electrons. The molecule has 0 saturated carbocycles. The standard InChI is InChI=1S/C14H18N2O/c1-2-5-11(6-3-1)13-10-16-14(17-13)12-7-4-8-15-9-12/h1-3,5-6,12-13,15H,4,7-10H2. The van der Waals surface area contributed by atoms with Gasteiger partial charge in [-0.15, -0.1) is 0 Å². The molecule has 0 aliphatic carbocycles. The number of benzene rings is 1. The van der Waals surface area contributed by atoms with Gasteiger partial charge >= 0.3 is 0 Å². The zero-order valence-electron chi connectivity index (χ0n) is 9.93. The minimum atomic E-state index is 0.133. The van der Waals surface area contributed by atoms with Crippen molar-refractivity contribution >= 4 is 5.90 Å². The van der Waals surface area contributed by atoms with Crippen LogP contribution in [0.3, 0.4) is 0 Å². The number of nitrogens with zero attached hydrogens (tertiary/aromatic N) is 1. The predicted molar refractivity (Wildman–Crippen MR) is 68.2 cm³/mol. The first kappa shape index (κ1) is 10.8. The number of nitrogens with one attached hydrogen (secondary N) is 1. The number of hydrogen-bond acceptors (Lipinski definition) is 3. The fourth-order valence-electron chi connectivity index (χ4n) is 2.52. The summed E-state index contributed by atoms with van der Waals surface area (Å²) in [4.78, 5) is 4.57. The van der Waals surface area contributed by atoms with Crippen molar-refractivity contribution in [3.05, 3.63) is 35.9 Å². The van der Waals surface area contributed by atoms with E-state index in [1.807, 2.05) is 6.07 Å². The van der Waals surface area contributed by atoms with E-state index in [0.29, 0.717) is 5.92 Å². The van der Waals surface area contributed by atoms with E-state index in [4.69, 9.17) is 4.74 Å². The molecule has 1 aromatic rings. The monoisotopic (exact) mass is 230 g/mol. The normalized spacial score (nSPS) is 28.6. The van der Waals surface area contributed by atoms with Crippen molar-refractivity contribution in [2.45, 2.75) is 18.9 Å². The van der Waals surface area contributed by atoms with Crippen molar-refractivity contribution in [2.75, 3.05) is 19.6 Å². The van der Waals surface area contributed by atoms with Gasteiger partial charge in [0.25, 0.3) is 0 Å². The van der Waals surface area contributed by atoms with Gasteiger partial charge in [0, 0.05) is 12.5 Å². The maximum absolute atomic E-state index is 6.00. The molecule has 0 amide bonds. The molecular formula is C14H18N2O. The first-order chi connectivity index (χ1) is 8.43. The topological polar surface area (TPSA) is 33.6 Å². The van der Waals surface area contributed by atoms with Crippen molar-refractivity contribution in [1.82, 2.24) is 5.32 Å². The Balaban J connectivity index is 1.64. The first-order valence-corrected chi connectivity index (χ1v) is 6.40. The average molecular weight is 230 g/mol. The lowest BCUT2D eigenvalue weighted by Gasteiger charge is -2.23. The van der Waals surface area contributed by atoms with Crippen LogP contribution in [0.5, 0.6) is 0 Å². The van der Waals surface area contributed by atoms with Crippen molar-refractivity contribution in [3.63, 3.8) is 0 Å². The maximum atomic E-state index is 6.00. The van der Waals surface area contributed by atoms with Crippen molar-refractivity contribution < 1.29 is 4.74 Å². The molecule has 2 aliphatic rings. The highest BCUT2D eigenvalue weighted by atomic mass is 16.5. The molecule has 3 heteroatoms. The van der Waals surface area contributed by atoms with Gasteiger partial charge in [-0.05, 0) is 24.9 Å². The van der Waals surface area contributed by atoms with Crippen LogP contribution in [0.15, 0.2) is 35.3 Å². The van der Waals surface area contributed by atoms with Crippen molar-refractivity contribution in [1.29, 1.82) is 0 Å². The molecular weight excluding hydrogens is 212 g/mol. The second kappa shape index (κ2) is 4.88. The Kier molecular flexibility index (Phi) is 3.10. The molecule has 3 nitrogen and oxygen atoms in total. The molecule has 1 saturated heterocycles. The Bertz CT molecular complexity index is 396. The fraction of sp³-hybridized carbons (Fsp3) is 0.500. The predicted octanol–water partition coefficient (Wildman–Crippen LogP) is 2.16. The second-order valence-electron chi connectivity index (χ2n) is 4.74. The third-order valence-electron chi connectivity index (χ3n) is 3.49. The third-order valence-corrected chi connectivity index (χ3v) is 3.49. The lowest BCUT2D eigenvalue weighted by molar-refractivity contribution is 0.209.